The normalized spacial score (nSPS) is 23.5. The largest absolute Gasteiger partial charge is 0.390 e. The van der Waals surface area contributed by atoms with Gasteiger partial charge in [-0.1, -0.05) is 12.1 Å². The highest BCUT2D eigenvalue weighted by Gasteiger charge is 2.41. The zero-order valence-electron chi connectivity index (χ0n) is 19.5. The predicted octanol–water partition coefficient (Wildman–Crippen LogP) is 1.79. The van der Waals surface area contributed by atoms with Crippen molar-refractivity contribution in [1.82, 2.24) is 29.0 Å². The highest BCUT2D eigenvalue weighted by Crippen LogP contribution is 2.37. The lowest BCUT2D eigenvalue weighted by Crippen LogP contribution is -2.49. The molecule has 1 aromatic carbocycles. The Morgan fingerprint density at radius 3 is 2.53 bits per heavy atom. The van der Waals surface area contributed by atoms with E-state index in [-0.39, 0.29) is 24.2 Å². The van der Waals surface area contributed by atoms with E-state index < -0.39 is 6.10 Å². The first-order chi connectivity index (χ1) is 16.4. The number of nitrogens with zero attached hydrogens (tertiary/aromatic N) is 6. The molecule has 0 spiro atoms. The molecule has 2 aliphatic rings. The summed E-state index contributed by atoms with van der Waals surface area (Å²) in [7, 11) is 1.79. The van der Waals surface area contributed by atoms with Gasteiger partial charge in [0.15, 0.2) is 0 Å². The van der Waals surface area contributed by atoms with E-state index in [4.69, 9.17) is 4.74 Å². The second-order valence-corrected chi connectivity index (χ2v) is 9.49. The number of aliphatic hydroxyl groups is 1. The van der Waals surface area contributed by atoms with E-state index >= 15 is 0 Å². The average molecular weight is 471 g/mol. The van der Waals surface area contributed by atoms with Gasteiger partial charge in [-0.25, -0.2) is 18.4 Å². The van der Waals surface area contributed by atoms with Gasteiger partial charge in [0, 0.05) is 31.9 Å². The molecule has 10 heteroatoms. The summed E-state index contributed by atoms with van der Waals surface area (Å²) in [6.07, 6.45) is 6.85. The van der Waals surface area contributed by atoms with Gasteiger partial charge in [0.25, 0.3) is 0 Å². The van der Waals surface area contributed by atoms with Gasteiger partial charge in [0.05, 0.1) is 37.2 Å². The third-order valence-corrected chi connectivity index (χ3v) is 7.00. The lowest BCUT2D eigenvalue weighted by Gasteiger charge is -2.39. The van der Waals surface area contributed by atoms with Crippen molar-refractivity contribution < 1.29 is 14.2 Å². The van der Waals surface area contributed by atoms with Crippen molar-refractivity contribution >= 4 is 0 Å². The van der Waals surface area contributed by atoms with Gasteiger partial charge in [-0.05, 0) is 50.3 Å². The molecule has 2 bridgehead atoms. The maximum Gasteiger partial charge on any atom is 0.350 e. The van der Waals surface area contributed by atoms with E-state index in [1.807, 2.05) is 0 Å². The number of aromatic nitrogens is 5. The molecule has 9 nitrogen and oxygen atoms in total. The van der Waals surface area contributed by atoms with E-state index in [2.05, 4.69) is 15.1 Å². The topological polar surface area (TPSA) is 90.3 Å². The second kappa shape index (κ2) is 9.44. The van der Waals surface area contributed by atoms with Crippen LogP contribution in [0, 0.1) is 12.7 Å². The fourth-order valence-corrected chi connectivity index (χ4v) is 5.41. The molecule has 1 N–H and O–H groups in total. The molecule has 0 aliphatic carbocycles. The number of piperidine rings is 1. The summed E-state index contributed by atoms with van der Waals surface area (Å²) < 4.78 is 23.7. The Bertz CT molecular complexity index is 1170. The number of aryl methyl sites for hydroxylation is 2. The number of ether oxygens (including phenoxy) is 1. The lowest BCUT2D eigenvalue weighted by molar-refractivity contribution is -0.0402. The molecule has 2 saturated heterocycles. The van der Waals surface area contributed by atoms with E-state index in [9.17, 15) is 14.3 Å². The summed E-state index contributed by atoms with van der Waals surface area (Å²) in [5.41, 5.74) is 1.35. The molecule has 182 valence electrons. The minimum Gasteiger partial charge on any atom is -0.390 e. The zero-order valence-corrected chi connectivity index (χ0v) is 19.5. The summed E-state index contributed by atoms with van der Waals surface area (Å²) in [5.74, 6) is 0.319. The first kappa shape index (κ1) is 22.9. The van der Waals surface area contributed by atoms with E-state index in [1.54, 1.807) is 43.2 Å². The Morgan fingerprint density at radius 2 is 1.88 bits per heavy atom. The fourth-order valence-electron chi connectivity index (χ4n) is 5.41. The van der Waals surface area contributed by atoms with Crippen LogP contribution in [-0.2, 0) is 24.9 Å². The summed E-state index contributed by atoms with van der Waals surface area (Å²) in [4.78, 5) is 15.3. The number of hydrogen-bond donors (Lipinski definition) is 1. The van der Waals surface area contributed by atoms with Gasteiger partial charge in [-0.2, -0.15) is 10.2 Å². The predicted molar refractivity (Wildman–Crippen MR) is 123 cm³/mol. The van der Waals surface area contributed by atoms with E-state index in [0.717, 1.165) is 31.2 Å². The van der Waals surface area contributed by atoms with Crippen LogP contribution in [0.4, 0.5) is 4.39 Å². The summed E-state index contributed by atoms with van der Waals surface area (Å²) >= 11 is 0. The highest BCUT2D eigenvalue weighted by atomic mass is 19.1. The van der Waals surface area contributed by atoms with Gasteiger partial charge < -0.3 is 9.84 Å². The molecular weight excluding hydrogens is 439 g/mol. The molecule has 0 saturated carbocycles. The van der Waals surface area contributed by atoms with Crippen molar-refractivity contribution in [2.45, 2.75) is 70.1 Å². The summed E-state index contributed by atoms with van der Waals surface area (Å²) in [6.45, 7) is 2.90. The minimum atomic E-state index is -0.700. The fraction of sp³-hybridized carbons (Fsp3) is 0.542. The summed E-state index contributed by atoms with van der Waals surface area (Å²) in [6, 6.07) is 7.15. The van der Waals surface area contributed by atoms with Crippen LogP contribution in [0.25, 0.3) is 5.69 Å². The minimum absolute atomic E-state index is 0.146. The van der Waals surface area contributed by atoms with Crippen LogP contribution in [0.1, 0.15) is 37.1 Å². The standard InChI is InChI=1S/C24H31FN6O3/c1-16-27-30(24(33)31(16)21-11-26-28(2)12-21)14-22(32)13-29-19-7-8-20(29)10-23(9-19)34-15-17-3-5-18(25)6-4-17/h3-6,11-12,19-20,22-23,32H,7-10,13-15H2,1-2H3/t19?,20?,22-,23?/m1/s1. The Labute approximate surface area is 197 Å². The summed E-state index contributed by atoms with van der Waals surface area (Å²) in [5, 5.41) is 19.3. The van der Waals surface area contributed by atoms with Gasteiger partial charge >= 0.3 is 5.69 Å². The Balaban J connectivity index is 1.17. The van der Waals surface area contributed by atoms with Gasteiger partial charge in [0.1, 0.15) is 11.6 Å². The number of halogens is 1. The molecule has 3 aromatic rings. The lowest BCUT2D eigenvalue weighted by atomic mass is 9.99. The molecule has 2 aliphatic heterocycles. The second-order valence-electron chi connectivity index (χ2n) is 9.49. The van der Waals surface area contributed by atoms with Gasteiger partial charge in [-0.3, -0.25) is 9.58 Å². The number of aliphatic hydroxyl groups excluding tert-OH is 1. The van der Waals surface area contributed by atoms with Crippen LogP contribution in [-0.4, -0.2) is 65.0 Å². The third kappa shape index (κ3) is 4.70. The first-order valence-electron chi connectivity index (χ1n) is 11.8. The van der Waals surface area contributed by atoms with Crippen molar-refractivity contribution in [2.24, 2.45) is 7.05 Å². The molecule has 2 fully saturated rings. The SMILES string of the molecule is Cc1nn(C[C@H](O)CN2C3CCC2CC(OCc2ccc(F)cc2)C3)c(=O)n1-c1cnn(C)c1. The average Bonchev–Trinajstić information content (AvgIpc) is 3.40. The van der Waals surface area contributed by atoms with Crippen molar-refractivity contribution in [1.29, 1.82) is 0 Å². The molecule has 2 aromatic heterocycles. The van der Waals surface area contributed by atoms with Crippen LogP contribution in [0.2, 0.25) is 0 Å². The molecule has 5 rings (SSSR count). The third-order valence-electron chi connectivity index (χ3n) is 7.00. The van der Waals surface area contributed by atoms with Crippen molar-refractivity contribution in [2.75, 3.05) is 6.54 Å². The van der Waals surface area contributed by atoms with Crippen LogP contribution in [0.5, 0.6) is 0 Å². The number of hydrogen-bond acceptors (Lipinski definition) is 6. The van der Waals surface area contributed by atoms with Crippen molar-refractivity contribution in [3.8, 4) is 5.69 Å². The van der Waals surface area contributed by atoms with Crippen LogP contribution < -0.4 is 5.69 Å². The zero-order chi connectivity index (χ0) is 23.8. The van der Waals surface area contributed by atoms with Crippen molar-refractivity contribution in [3.63, 3.8) is 0 Å². The van der Waals surface area contributed by atoms with Crippen LogP contribution >= 0.6 is 0 Å². The maximum atomic E-state index is 13.1. The van der Waals surface area contributed by atoms with Gasteiger partial charge in [-0.15, -0.1) is 0 Å². The smallest absolute Gasteiger partial charge is 0.350 e. The molecule has 0 radical (unpaired) electrons. The number of fused-ring (bicyclic) bond motifs is 2. The monoisotopic (exact) mass is 470 g/mol. The van der Waals surface area contributed by atoms with Gasteiger partial charge in [0.2, 0.25) is 0 Å². The molecule has 4 heterocycles. The Hall–Kier alpha value is -2.82. The van der Waals surface area contributed by atoms with Crippen LogP contribution in [0.3, 0.4) is 0 Å². The van der Waals surface area contributed by atoms with Crippen molar-refractivity contribution in [3.05, 3.63) is 64.3 Å². The first-order valence-corrected chi connectivity index (χ1v) is 11.8. The number of benzene rings is 1. The van der Waals surface area contributed by atoms with E-state index in [1.165, 1.54) is 21.4 Å². The van der Waals surface area contributed by atoms with E-state index in [0.29, 0.717) is 36.7 Å². The molecule has 2 unspecified atom stereocenters. The van der Waals surface area contributed by atoms with Crippen LogP contribution in [0.15, 0.2) is 41.5 Å². The highest BCUT2D eigenvalue weighted by molar-refractivity contribution is 5.26. The molecule has 3 atom stereocenters. The Kier molecular flexibility index (Phi) is 6.37. The number of rotatable bonds is 8. The maximum absolute atomic E-state index is 13.1. The Morgan fingerprint density at radius 1 is 1.18 bits per heavy atom. The molecule has 34 heavy (non-hydrogen) atoms. The quantitative estimate of drug-likeness (QED) is 0.540. The molecule has 0 amide bonds. The molecular formula is C24H31FN6O3.